The maximum absolute atomic E-state index is 6.09. The number of benzene rings is 1. The third-order valence-electron chi connectivity index (χ3n) is 4.90. The minimum atomic E-state index is 0.188. The first kappa shape index (κ1) is 15.7. The van der Waals surface area contributed by atoms with Crippen LogP contribution in [-0.4, -0.2) is 26.6 Å². The van der Waals surface area contributed by atoms with Crippen molar-refractivity contribution in [1.82, 2.24) is 20.1 Å². The van der Waals surface area contributed by atoms with Gasteiger partial charge in [0.1, 0.15) is 5.69 Å². The lowest BCUT2D eigenvalue weighted by Crippen LogP contribution is -2.22. The summed E-state index contributed by atoms with van der Waals surface area (Å²) in [6, 6.07) is 14.6. The molecule has 1 unspecified atom stereocenters. The summed E-state index contributed by atoms with van der Waals surface area (Å²) in [6.07, 6.45) is 4.00. The van der Waals surface area contributed by atoms with Gasteiger partial charge in [0.05, 0.1) is 6.04 Å². The van der Waals surface area contributed by atoms with E-state index in [-0.39, 0.29) is 6.04 Å². The summed E-state index contributed by atoms with van der Waals surface area (Å²) in [5.74, 6) is 1.20. The summed E-state index contributed by atoms with van der Waals surface area (Å²) in [6.45, 7) is 2.00. The Hall–Kier alpha value is -2.57. The maximum Gasteiger partial charge on any atom is 0.266 e. The van der Waals surface area contributed by atoms with Crippen molar-refractivity contribution in [2.45, 2.75) is 25.4 Å². The van der Waals surface area contributed by atoms with Crippen LogP contribution in [0.2, 0.25) is 0 Å². The summed E-state index contributed by atoms with van der Waals surface area (Å²) < 4.78 is 6.09. The van der Waals surface area contributed by atoms with E-state index in [1.54, 1.807) is 17.5 Å². The first-order chi connectivity index (χ1) is 12.9. The second-order valence-corrected chi connectivity index (χ2v) is 7.57. The molecule has 0 saturated carbocycles. The molecule has 1 atom stereocenters. The lowest BCUT2D eigenvalue weighted by Gasteiger charge is -2.20. The average molecular weight is 362 g/mol. The number of fused-ring (bicyclic) bond motifs is 1. The quantitative estimate of drug-likeness (QED) is 0.527. The minimum Gasteiger partial charge on any atom is -0.418 e. The van der Waals surface area contributed by atoms with Crippen LogP contribution in [0.15, 0.2) is 58.5 Å². The predicted molar refractivity (Wildman–Crippen MR) is 102 cm³/mol. The maximum atomic E-state index is 6.09. The topological polar surface area (TPSA) is 55.1 Å². The Labute approximate surface area is 155 Å². The Kier molecular flexibility index (Phi) is 3.99. The van der Waals surface area contributed by atoms with Crippen molar-refractivity contribution in [2.75, 3.05) is 6.54 Å². The third kappa shape index (κ3) is 2.81. The van der Waals surface area contributed by atoms with Gasteiger partial charge in [0.2, 0.25) is 5.89 Å². The van der Waals surface area contributed by atoms with Crippen LogP contribution in [0.3, 0.4) is 0 Å². The van der Waals surface area contributed by atoms with Gasteiger partial charge in [-0.15, -0.1) is 21.5 Å². The molecule has 1 aromatic carbocycles. The number of hydrogen-bond donors (Lipinski definition) is 0. The van der Waals surface area contributed by atoms with E-state index in [4.69, 9.17) is 4.42 Å². The lowest BCUT2D eigenvalue weighted by atomic mass is 10.1. The fourth-order valence-electron chi connectivity index (χ4n) is 3.65. The highest BCUT2D eigenvalue weighted by atomic mass is 32.1. The molecule has 6 heteroatoms. The number of hydrogen-bond acceptors (Lipinski definition) is 6. The molecular weight excluding hydrogens is 344 g/mol. The van der Waals surface area contributed by atoms with Crippen LogP contribution in [-0.2, 0) is 6.54 Å². The van der Waals surface area contributed by atoms with Crippen LogP contribution < -0.4 is 0 Å². The van der Waals surface area contributed by atoms with Crippen LogP contribution in [0.5, 0.6) is 0 Å². The molecule has 1 aliphatic rings. The van der Waals surface area contributed by atoms with Gasteiger partial charge >= 0.3 is 0 Å². The van der Waals surface area contributed by atoms with E-state index in [0.717, 1.165) is 42.4 Å². The summed E-state index contributed by atoms with van der Waals surface area (Å²) >= 11 is 1.79. The lowest BCUT2D eigenvalue weighted by molar-refractivity contribution is 0.217. The molecule has 0 aliphatic carbocycles. The van der Waals surface area contributed by atoms with Gasteiger partial charge in [-0.3, -0.25) is 9.88 Å². The molecule has 1 saturated heterocycles. The number of aromatic nitrogens is 3. The van der Waals surface area contributed by atoms with Gasteiger partial charge < -0.3 is 4.42 Å². The second kappa shape index (κ2) is 6.63. The van der Waals surface area contributed by atoms with E-state index >= 15 is 0 Å². The zero-order chi connectivity index (χ0) is 17.3. The van der Waals surface area contributed by atoms with E-state index in [9.17, 15) is 0 Å². The second-order valence-electron chi connectivity index (χ2n) is 6.53. The Morgan fingerprint density at radius 2 is 2.08 bits per heavy atom. The van der Waals surface area contributed by atoms with Crippen molar-refractivity contribution in [1.29, 1.82) is 0 Å². The zero-order valence-electron chi connectivity index (χ0n) is 14.2. The molecule has 130 valence electrons. The van der Waals surface area contributed by atoms with E-state index < -0.39 is 0 Å². The number of likely N-dealkylation sites (tertiary alicyclic amines) is 1. The van der Waals surface area contributed by atoms with Crippen LogP contribution in [0.1, 0.15) is 29.7 Å². The van der Waals surface area contributed by atoms with Gasteiger partial charge in [-0.25, -0.2) is 0 Å². The normalized spacial score (nSPS) is 17.9. The van der Waals surface area contributed by atoms with Crippen molar-refractivity contribution in [3.05, 3.63) is 64.8 Å². The van der Waals surface area contributed by atoms with Crippen LogP contribution in [0, 0.1) is 0 Å². The molecule has 5 nitrogen and oxygen atoms in total. The monoisotopic (exact) mass is 362 g/mol. The molecular formula is C20H18N4OS. The molecule has 3 aromatic heterocycles. The van der Waals surface area contributed by atoms with E-state index in [0.29, 0.717) is 11.8 Å². The van der Waals surface area contributed by atoms with Gasteiger partial charge in [-0.2, -0.15) is 0 Å². The highest BCUT2D eigenvalue weighted by Crippen LogP contribution is 2.35. The van der Waals surface area contributed by atoms with Gasteiger partial charge in [0, 0.05) is 23.0 Å². The third-order valence-corrected chi connectivity index (χ3v) is 5.77. The molecule has 0 N–H and O–H groups in total. The molecule has 0 spiro atoms. The molecule has 4 heterocycles. The van der Waals surface area contributed by atoms with Crippen molar-refractivity contribution >= 4 is 22.1 Å². The van der Waals surface area contributed by atoms with Crippen molar-refractivity contribution in [3.8, 4) is 11.6 Å². The largest absolute Gasteiger partial charge is 0.418 e. The molecule has 0 amide bonds. The van der Waals surface area contributed by atoms with Crippen LogP contribution >= 0.6 is 11.3 Å². The van der Waals surface area contributed by atoms with E-state index in [1.165, 1.54) is 4.88 Å². The summed E-state index contributed by atoms with van der Waals surface area (Å²) in [5.41, 5.74) is 0.754. The Morgan fingerprint density at radius 1 is 1.12 bits per heavy atom. The molecule has 1 aliphatic heterocycles. The molecule has 26 heavy (non-hydrogen) atoms. The highest BCUT2D eigenvalue weighted by molar-refractivity contribution is 7.09. The van der Waals surface area contributed by atoms with Crippen LogP contribution in [0.4, 0.5) is 0 Å². The standard InChI is InChI=1S/C20H18N4OS/c1-2-7-16-14(5-1)9-10-21-18(16)20-23-22-19(25-20)17-8-3-11-24(17)13-15-6-4-12-26-15/h1-2,4-7,9-10,12,17H,3,8,11,13H2. The minimum absolute atomic E-state index is 0.188. The summed E-state index contributed by atoms with van der Waals surface area (Å²) in [4.78, 5) is 8.29. The molecule has 1 fully saturated rings. The Bertz CT molecular complexity index is 1020. The first-order valence-corrected chi connectivity index (χ1v) is 9.70. The number of thiophene rings is 1. The van der Waals surface area contributed by atoms with E-state index in [1.807, 2.05) is 24.3 Å². The van der Waals surface area contributed by atoms with Crippen LogP contribution in [0.25, 0.3) is 22.4 Å². The number of nitrogens with zero attached hydrogens (tertiary/aromatic N) is 4. The van der Waals surface area contributed by atoms with Crippen molar-refractivity contribution in [3.63, 3.8) is 0 Å². The van der Waals surface area contributed by atoms with Gasteiger partial charge in [-0.1, -0.05) is 30.3 Å². The first-order valence-electron chi connectivity index (χ1n) is 8.82. The van der Waals surface area contributed by atoms with E-state index in [2.05, 4.69) is 43.7 Å². The Balaban J connectivity index is 1.46. The molecule has 4 aromatic rings. The van der Waals surface area contributed by atoms with Gasteiger partial charge in [0.15, 0.2) is 0 Å². The Morgan fingerprint density at radius 3 is 3.00 bits per heavy atom. The summed E-state index contributed by atoms with van der Waals surface area (Å²) in [5, 5.41) is 13.0. The zero-order valence-corrected chi connectivity index (χ0v) is 15.0. The number of rotatable bonds is 4. The summed E-state index contributed by atoms with van der Waals surface area (Å²) in [7, 11) is 0. The van der Waals surface area contributed by atoms with Crippen molar-refractivity contribution in [2.24, 2.45) is 0 Å². The smallest absolute Gasteiger partial charge is 0.266 e. The fourth-order valence-corrected chi connectivity index (χ4v) is 4.38. The molecule has 0 bridgehead atoms. The SMILES string of the molecule is c1csc(CN2CCCC2c2nnc(-c3nccc4ccccc34)o2)c1. The van der Waals surface area contributed by atoms with Crippen molar-refractivity contribution < 1.29 is 4.42 Å². The van der Waals surface area contributed by atoms with Gasteiger partial charge in [0.25, 0.3) is 5.89 Å². The molecule has 5 rings (SSSR count). The average Bonchev–Trinajstić information content (AvgIpc) is 3.43. The highest BCUT2D eigenvalue weighted by Gasteiger charge is 2.31. The predicted octanol–water partition coefficient (Wildman–Crippen LogP) is 4.68. The fraction of sp³-hybridized carbons (Fsp3) is 0.250. The van der Waals surface area contributed by atoms with Gasteiger partial charge in [-0.05, 0) is 42.3 Å². The molecule has 0 radical (unpaired) electrons. The number of pyridine rings is 1.